The summed E-state index contributed by atoms with van der Waals surface area (Å²) < 4.78 is 1.28. The zero-order valence-electron chi connectivity index (χ0n) is 7.61. The van der Waals surface area contributed by atoms with Crippen molar-refractivity contribution in [3.63, 3.8) is 0 Å². The van der Waals surface area contributed by atoms with Crippen LogP contribution in [0.15, 0.2) is 11.0 Å². The number of fused-ring (bicyclic) bond motifs is 1. The lowest BCUT2D eigenvalue weighted by Gasteiger charge is -2.02. The Hall–Kier alpha value is -1.82. The van der Waals surface area contributed by atoms with E-state index in [9.17, 15) is 9.59 Å². The quantitative estimate of drug-likeness (QED) is 0.750. The number of carboxylic acid groups (broad SMARTS) is 1. The third-order valence-corrected chi connectivity index (χ3v) is 2.35. The minimum Gasteiger partial charge on any atom is -0.477 e. The fraction of sp³-hybridized carbons (Fsp3) is 0.125. The highest BCUT2D eigenvalue weighted by Gasteiger charge is 2.17. The van der Waals surface area contributed by atoms with Crippen LogP contribution in [0.3, 0.4) is 0 Å². The Labute approximate surface area is 88.1 Å². The molecule has 0 spiro atoms. The highest BCUT2D eigenvalue weighted by molar-refractivity contribution is 6.33. The molecule has 2 aromatic rings. The summed E-state index contributed by atoms with van der Waals surface area (Å²) in [4.78, 5) is 24.6. The van der Waals surface area contributed by atoms with Gasteiger partial charge in [0.05, 0.1) is 11.9 Å². The van der Waals surface area contributed by atoms with Crippen molar-refractivity contribution in [2.45, 2.75) is 6.92 Å². The molecule has 0 atom stereocenters. The number of nitrogens with one attached hydrogen (secondary N) is 1. The van der Waals surface area contributed by atoms with Crippen molar-refractivity contribution in [2.75, 3.05) is 0 Å². The van der Waals surface area contributed by atoms with Gasteiger partial charge in [0.2, 0.25) is 0 Å². The Bertz CT molecular complexity index is 613. The molecule has 0 aromatic carbocycles. The number of carbonyl (C=O) groups is 1. The molecule has 0 amide bonds. The van der Waals surface area contributed by atoms with E-state index in [0.29, 0.717) is 5.65 Å². The normalized spacial score (nSPS) is 10.8. The number of H-pyrrole nitrogens is 1. The van der Waals surface area contributed by atoms with Crippen LogP contribution in [-0.2, 0) is 0 Å². The van der Waals surface area contributed by atoms with E-state index in [1.807, 2.05) is 0 Å². The van der Waals surface area contributed by atoms with Gasteiger partial charge in [-0.1, -0.05) is 11.6 Å². The van der Waals surface area contributed by atoms with Gasteiger partial charge in [-0.25, -0.2) is 9.31 Å². The van der Waals surface area contributed by atoms with Crippen LogP contribution >= 0.6 is 11.6 Å². The van der Waals surface area contributed by atoms with E-state index in [1.165, 1.54) is 17.6 Å². The molecule has 2 rings (SSSR count). The average Bonchev–Trinajstić information content (AvgIpc) is 2.47. The predicted molar refractivity (Wildman–Crippen MR) is 52.5 cm³/mol. The summed E-state index contributed by atoms with van der Waals surface area (Å²) in [6.45, 7) is 1.50. The molecule has 2 heterocycles. The van der Waals surface area contributed by atoms with Crippen molar-refractivity contribution >= 4 is 23.2 Å². The smallest absolute Gasteiger partial charge is 0.343 e. The summed E-state index contributed by atoms with van der Waals surface area (Å²) in [6, 6.07) is 0. The first-order valence-electron chi connectivity index (χ1n) is 4.01. The molecule has 0 aliphatic heterocycles. The van der Waals surface area contributed by atoms with Crippen molar-refractivity contribution in [3.8, 4) is 0 Å². The molecule has 0 radical (unpaired) electrons. The number of hydrogen-bond acceptors (Lipinski definition) is 3. The maximum absolute atomic E-state index is 11.4. The van der Waals surface area contributed by atoms with Crippen LogP contribution in [-0.4, -0.2) is 25.7 Å². The van der Waals surface area contributed by atoms with Crippen LogP contribution in [0, 0.1) is 6.92 Å². The van der Waals surface area contributed by atoms with Crippen molar-refractivity contribution in [3.05, 3.63) is 32.8 Å². The Kier molecular flexibility index (Phi) is 2.01. The lowest BCUT2D eigenvalue weighted by Crippen LogP contribution is -2.22. The van der Waals surface area contributed by atoms with E-state index in [-0.39, 0.29) is 16.3 Å². The first-order chi connectivity index (χ1) is 7.02. The molecule has 0 bridgehead atoms. The molecule has 0 saturated carbocycles. The monoisotopic (exact) mass is 227 g/mol. The Morgan fingerprint density at radius 1 is 1.67 bits per heavy atom. The van der Waals surface area contributed by atoms with Crippen LogP contribution in [0.1, 0.15) is 16.1 Å². The fourth-order valence-corrected chi connectivity index (χ4v) is 1.56. The fourth-order valence-electron chi connectivity index (χ4n) is 1.39. The molecular formula is C8H6ClN3O3. The van der Waals surface area contributed by atoms with Crippen LogP contribution < -0.4 is 5.56 Å². The van der Waals surface area contributed by atoms with Crippen LogP contribution in [0.2, 0.25) is 5.02 Å². The topological polar surface area (TPSA) is 87.5 Å². The number of aromatic nitrogens is 3. The van der Waals surface area contributed by atoms with Crippen LogP contribution in [0.25, 0.3) is 5.65 Å². The molecule has 0 saturated heterocycles. The standard InChI is InChI=1S/C8H6ClN3O3/c1-3-5(8(14)15)7(13)11-6-4(9)2-10-12(3)6/h2H,1H3,(H,11,13)(H,14,15). The van der Waals surface area contributed by atoms with E-state index < -0.39 is 11.5 Å². The average molecular weight is 228 g/mol. The second-order valence-electron chi connectivity index (χ2n) is 2.97. The van der Waals surface area contributed by atoms with Gasteiger partial charge in [-0.2, -0.15) is 5.10 Å². The van der Waals surface area contributed by atoms with Crippen LogP contribution in [0.4, 0.5) is 0 Å². The molecule has 0 aliphatic rings. The molecule has 0 aliphatic carbocycles. The highest BCUT2D eigenvalue weighted by Crippen LogP contribution is 2.15. The summed E-state index contributed by atoms with van der Waals surface area (Å²) in [5.74, 6) is -1.29. The van der Waals surface area contributed by atoms with Crippen molar-refractivity contribution in [1.82, 2.24) is 14.6 Å². The number of nitrogens with zero attached hydrogens (tertiary/aromatic N) is 2. The third kappa shape index (κ3) is 1.30. The summed E-state index contributed by atoms with van der Waals surface area (Å²) >= 11 is 5.75. The van der Waals surface area contributed by atoms with Gasteiger partial charge < -0.3 is 10.1 Å². The molecular weight excluding hydrogens is 222 g/mol. The SMILES string of the molecule is Cc1c(C(=O)O)c(=O)[nH]c2c(Cl)cnn12. The maximum atomic E-state index is 11.4. The van der Waals surface area contributed by atoms with E-state index >= 15 is 0 Å². The summed E-state index contributed by atoms with van der Waals surface area (Å²) in [7, 11) is 0. The van der Waals surface area contributed by atoms with Gasteiger partial charge in [0, 0.05) is 0 Å². The van der Waals surface area contributed by atoms with E-state index in [1.54, 1.807) is 0 Å². The predicted octanol–water partition coefficient (Wildman–Crippen LogP) is 0.683. The molecule has 6 nitrogen and oxygen atoms in total. The highest BCUT2D eigenvalue weighted by atomic mass is 35.5. The zero-order chi connectivity index (χ0) is 11.2. The van der Waals surface area contributed by atoms with Gasteiger partial charge in [-0.05, 0) is 6.92 Å². The first-order valence-corrected chi connectivity index (χ1v) is 4.39. The number of aromatic amines is 1. The van der Waals surface area contributed by atoms with Gasteiger partial charge in [-0.15, -0.1) is 0 Å². The van der Waals surface area contributed by atoms with Crippen molar-refractivity contribution < 1.29 is 9.90 Å². The first kappa shape index (κ1) is 9.72. The van der Waals surface area contributed by atoms with Gasteiger partial charge in [0.15, 0.2) is 5.65 Å². The Morgan fingerprint density at radius 3 is 2.93 bits per heavy atom. The molecule has 7 heteroatoms. The molecule has 15 heavy (non-hydrogen) atoms. The lowest BCUT2D eigenvalue weighted by atomic mass is 10.2. The second-order valence-corrected chi connectivity index (χ2v) is 3.38. The molecule has 78 valence electrons. The van der Waals surface area contributed by atoms with Gasteiger partial charge in [0.25, 0.3) is 5.56 Å². The van der Waals surface area contributed by atoms with E-state index in [0.717, 1.165) is 0 Å². The zero-order valence-corrected chi connectivity index (χ0v) is 8.37. The van der Waals surface area contributed by atoms with E-state index in [2.05, 4.69) is 10.1 Å². The summed E-state index contributed by atoms with van der Waals surface area (Å²) in [5, 5.41) is 12.9. The largest absolute Gasteiger partial charge is 0.477 e. The number of rotatable bonds is 1. The van der Waals surface area contributed by atoms with Crippen molar-refractivity contribution in [1.29, 1.82) is 0 Å². The Balaban J connectivity index is 2.98. The van der Waals surface area contributed by atoms with Crippen molar-refractivity contribution in [2.24, 2.45) is 0 Å². The maximum Gasteiger partial charge on any atom is 0.343 e. The Morgan fingerprint density at radius 2 is 2.33 bits per heavy atom. The molecule has 0 fully saturated rings. The summed E-state index contributed by atoms with van der Waals surface area (Å²) in [5.41, 5.74) is -0.477. The summed E-state index contributed by atoms with van der Waals surface area (Å²) in [6.07, 6.45) is 1.34. The second kappa shape index (κ2) is 3.09. The molecule has 0 unspecified atom stereocenters. The number of carboxylic acids is 1. The lowest BCUT2D eigenvalue weighted by molar-refractivity contribution is 0.0693. The minimum atomic E-state index is -1.29. The number of halogens is 1. The van der Waals surface area contributed by atoms with Gasteiger partial charge in [-0.3, -0.25) is 4.79 Å². The minimum absolute atomic E-state index is 0.244. The van der Waals surface area contributed by atoms with Crippen LogP contribution in [0.5, 0.6) is 0 Å². The molecule has 2 N–H and O–H groups in total. The van der Waals surface area contributed by atoms with Gasteiger partial charge >= 0.3 is 5.97 Å². The number of hydrogen-bond donors (Lipinski definition) is 2. The third-order valence-electron chi connectivity index (χ3n) is 2.08. The molecule has 2 aromatic heterocycles. The van der Waals surface area contributed by atoms with Gasteiger partial charge in [0.1, 0.15) is 10.6 Å². The van der Waals surface area contributed by atoms with E-state index in [4.69, 9.17) is 16.7 Å². The number of aromatic carboxylic acids is 1. The number of aryl methyl sites for hydroxylation is 1.